The predicted molar refractivity (Wildman–Crippen MR) is 48.5 cm³/mol. The molecule has 8 heteroatoms. The molecule has 2 nitrogen and oxygen atoms in total. The maximum atomic E-state index is 12.6. The van der Waals surface area contributed by atoms with E-state index in [9.17, 15) is 22.0 Å². The van der Waals surface area contributed by atoms with Gasteiger partial charge in [0, 0.05) is 5.56 Å². The molecular formula is C9H4ClF5N2. The third-order valence-electron chi connectivity index (χ3n) is 1.88. The predicted octanol–water partition coefficient (Wildman–Crippen LogP) is 3.65. The molecule has 1 heterocycles. The SMILES string of the molecule is N#Cc1cc(C(F)F)c(C(F)(F)F)c(CCl)n1. The van der Waals surface area contributed by atoms with Crippen molar-refractivity contribution in [2.45, 2.75) is 18.5 Å². The van der Waals surface area contributed by atoms with Crippen molar-refractivity contribution >= 4 is 11.6 Å². The molecule has 0 aliphatic rings. The molecule has 1 rings (SSSR count). The first kappa shape index (κ1) is 13.6. The number of nitriles is 1. The Morgan fingerprint density at radius 1 is 1.41 bits per heavy atom. The first-order valence-electron chi connectivity index (χ1n) is 4.16. The lowest BCUT2D eigenvalue weighted by Crippen LogP contribution is -2.15. The van der Waals surface area contributed by atoms with E-state index in [4.69, 9.17) is 16.9 Å². The van der Waals surface area contributed by atoms with E-state index in [1.165, 1.54) is 6.07 Å². The summed E-state index contributed by atoms with van der Waals surface area (Å²) in [5.74, 6) is -0.704. The van der Waals surface area contributed by atoms with E-state index in [1.54, 1.807) is 0 Å². The average molecular weight is 271 g/mol. The van der Waals surface area contributed by atoms with Gasteiger partial charge >= 0.3 is 6.18 Å². The Kier molecular flexibility index (Phi) is 3.88. The van der Waals surface area contributed by atoms with Crippen LogP contribution in [0, 0.1) is 11.3 Å². The number of hydrogen-bond donors (Lipinski definition) is 0. The molecule has 0 spiro atoms. The Hall–Kier alpha value is -1.42. The molecule has 17 heavy (non-hydrogen) atoms. The first-order valence-corrected chi connectivity index (χ1v) is 4.70. The Bertz CT molecular complexity index is 464. The summed E-state index contributed by atoms with van der Waals surface area (Å²) in [7, 11) is 0. The normalized spacial score (nSPS) is 11.6. The van der Waals surface area contributed by atoms with Crippen molar-refractivity contribution in [1.29, 1.82) is 5.26 Å². The van der Waals surface area contributed by atoms with E-state index < -0.39 is 41.0 Å². The molecule has 0 saturated heterocycles. The van der Waals surface area contributed by atoms with Crippen LogP contribution < -0.4 is 0 Å². The molecule has 0 aliphatic heterocycles. The third kappa shape index (κ3) is 2.82. The van der Waals surface area contributed by atoms with Crippen LogP contribution in [0.4, 0.5) is 22.0 Å². The van der Waals surface area contributed by atoms with E-state index >= 15 is 0 Å². The fourth-order valence-corrected chi connectivity index (χ4v) is 1.47. The smallest absolute Gasteiger partial charge is 0.240 e. The molecule has 0 aromatic carbocycles. The van der Waals surface area contributed by atoms with Crippen LogP contribution in [0.25, 0.3) is 0 Å². The molecular weight excluding hydrogens is 267 g/mol. The second-order valence-electron chi connectivity index (χ2n) is 2.96. The zero-order valence-electron chi connectivity index (χ0n) is 8.02. The highest BCUT2D eigenvalue weighted by molar-refractivity contribution is 6.17. The van der Waals surface area contributed by atoms with Crippen molar-refractivity contribution in [2.24, 2.45) is 0 Å². The summed E-state index contributed by atoms with van der Waals surface area (Å²) < 4.78 is 62.8. The molecule has 92 valence electrons. The topological polar surface area (TPSA) is 36.7 Å². The second-order valence-corrected chi connectivity index (χ2v) is 3.23. The third-order valence-corrected chi connectivity index (χ3v) is 2.14. The van der Waals surface area contributed by atoms with Crippen LogP contribution in [-0.2, 0) is 12.1 Å². The largest absolute Gasteiger partial charge is 0.418 e. The minimum Gasteiger partial charge on any atom is -0.240 e. The fourth-order valence-electron chi connectivity index (χ4n) is 1.27. The van der Waals surface area contributed by atoms with Crippen molar-refractivity contribution in [3.63, 3.8) is 0 Å². The summed E-state index contributed by atoms with van der Waals surface area (Å²) >= 11 is 5.23. The van der Waals surface area contributed by atoms with Gasteiger partial charge in [0.25, 0.3) is 6.43 Å². The number of halogens is 6. The van der Waals surface area contributed by atoms with Crippen LogP contribution in [0.2, 0.25) is 0 Å². The zero-order valence-corrected chi connectivity index (χ0v) is 8.78. The lowest BCUT2D eigenvalue weighted by Gasteiger charge is -2.15. The molecule has 0 bridgehead atoms. The van der Waals surface area contributed by atoms with Crippen LogP contribution in [0.1, 0.15) is 28.9 Å². The number of hydrogen-bond acceptors (Lipinski definition) is 2. The van der Waals surface area contributed by atoms with Gasteiger partial charge in [-0.05, 0) is 6.07 Å². The molecule has 0 amide bonds. The van der Waals surface area contributed by atoms with Gasteiger partial charge in [0.05, 0.1) is 17.1 Å². The van der Waals surface area contributed by atoms with E-state index in [0.29, 0.717) is 6.07 Å². The van der Waals surface area contributed by atoms with Crippen LogP contribution in [-0.4, -0.2) is 4.98 Å². The number of nitrogens with zero attached hydrogens (tertiary/aromatic N) is 2. The van der Waals surface area contributed by atoms with E-state index in [-0.39, 0.29) is 0 Å². The van der Waals surface area contributed by atoms with Crippen LogP contribution in [0.5, 0.6) is 0 Å². The van der Waals surface area contributed by atoms with Gasteiger partial charge in [-0.25, -0.2) is 13.8 Å². The van der Waals surface area contributed by atoms with Crippen molar-refractivity contribution in [2.75, 3.05) is 0 Å². The van der Waals surface area contributed by atoms with Gasteiger partial charge in [-0.2, -0.15) is 18.4 Å². The maximum absolute atomic E-state index is 12.6. The van der Waals surface area contributed by atoms with Crippen LogP contribution in [0.15, 0.2) is 6.07 Å². The summed E-state index contributed by atoms with van der Waals surface area (Å²) in [5.41, 5.74) is -4.14. The Morgan fingerprint density at radius 2 is 2.00 bits per heavy atom. The van der Waals surface area contributed by atoms with Crippen molar-refractivity contribution in [1.82, 2.24) is 4.98 Å². The second kappa shape index (κ2) is 4.84. The van der Waals surface area contributed by atoms with Crippen LogP contribution in [0.3, 0.4) is 0 Å². The van der Waals surface area contributed by atoms with E-state index in [2.05, 4.69) is 4.98 Å². The summed E-state index contributed by atoms with van der Waals surface area (Å²) in [6.45, 7) is 0. The molecule has 0 atom stereocenters. The van der Waals surface area contributed by atoms with Gasteiger partial charge in [0.2, 0.25) is 0 Å². The monoisotopic (exact) mass is 270 g/mol. The first-order chi connectivity index (χ1) is 7.81. The van der Waals surface area contributed by atoms with Crippen molar-refractivity contribution in [3.05, 3.63) is 28.6 Å². The summed E-state index contributed by atoms with van der Waals surface area (Å²) in [4.78, 5) is 3.27. The van der Waals surface area contributed by atoms with Gasteiger partial charge < -0.3 is 0 Å². The molecule has 0 fully saturated rings. The standard InChI is InChI=1S/C9H4ClF5N2/c10-2-6-7(9(13,14)15)5(8(11)12)1-4(3-16)17-6/h1,8H,2H2. The highest BCUT2D eigenvalue weighted by atomic mass is 35.5. The summed E-state index contributed by atoms with van der Waals surface area (Å²) in [6.07, 6.45) is -8.35. The van der Waals surface area contributed by atoms with Gasteiger partial charge in [-0.3, -0.25) is 0 Å². The highest BCUT2D eigenvalue weighted by Gasteiger charge is 2.39. The average Bonchev–Trinajstić information content (AvgIpc) is 2.25. The summed E-state index contributed by atoms with van der Waals surface area (Å²) in [5, 5.41) is 8.48. The highest BCUT2D eigenvalue weighted by Crippen LogP contribution is 2.38. The Labute approximate surface area is 97.6 Å². The summed E-state index contributed by atoms with van der Waals surface area (Å²) in [6, 6.07) is 1.83. The number of rotatable bonds is 2. The minimum absolute atomic E-state index is 0.420. The molecule has 1 aromatic heterocycles. The van der Waals surface area contributed by atoms with Gasteiger partial charge in [0.1, 0.15) is 11.8 Å². The number of alkyl halides is 6. The van der Waals surface area contributed by atoms with Gasteiger partial charge in [-0.15, -0.1) is 11.6 Å². The maximum Gasteiger partial charge on any atom is 0.418 e. The van der Waals surface area contributed by atoms with Gasteiger partial charge in [0.15, 0.2) is 0 Å². The van der Waals surface area contributed by atoms with Crippen molar-refractivity contribution < 1.29 is 22.0 Å². The van der Waals surface area contributed by atoms with Gasteiger partial charge in [-0.1, -0.05) is 0 Å². The molecule has 0 aliphatic carbocycles. The molecule has 0 radical (unpaired) electrons. The lowest BCUT2D eigenvalue weighted by molar-refractivity contribution is -0.140. The number of pyridine rings is 1. The molecule has 0 unspecified atom stereocenters. The Balaban J connectivity index is 3.60. The molecule has 1 aromatic rings. The fraction of sp³-hybridized carbons (Fsp3) is 0.333. The lowest BCUT2D eigenvalue weighted by atomic mass is 10.1. The van der Waals surface area contributed by atoms with E-state index in [0.717, 1.165) is 0 Å². The quantitative estimate of drug-likeness (QED) is 0.607. The molecule has 0 saturated carbocycles. The van der Waals surface area contributed by atoms with Crippen LogP contribution >= 0.6 is 11.6 Å². The number of aromatic nitrogens is 1. The van der Waals surface area contributed by atoms with Crippen molar-refractivity contribution in [3.8, 4) is 6.07 Å². The molecule has 0 N–H and O–H groups in total. The Morgan fingerprint density at radius 3 is 2.35 bits per heavy atom. The minimum atomic E-state index is -4.99. The zero-order chi connectivity index (χ0) is 13.2. The van der Waals surface area contributed by atoms with E-state index in [1.807, 2.05) is 0 Å².